The number of nitrogens with two attached hydrogens (primary N) is 1. The predicted octanol–water partition coefficient (Wildman–Crippen LogP) is 2.33. The van der Waals surface area contributed by atoms with Crippen LogP contribution in [0, 0.1) is 0 Å². The van der Waals surface area contributed by atoms with E-state index in [1.54, 1.807) is 30.9 Å². The summed E-state index contributed by atoms with van der Waals surface area (Å²) in [4.78, 5) is 13.6. The smallest absolute Gasteiger partial charge is 0.387 e. The van der Waals surface area contributed by atoms with Crippen LogP contribution in [0.15, 0.2) is 24.3 Å². The van der Waals surface area contributed by atoms with Gasteiger partial charge in [0.05, 0.1) is 6.04 Å². The average molecular weight is 318 g/mol. The summed E-state index contributed by atoms with van der Waals surface area (Å²) < 4.78 is 28.3. The summed E-state index contributed by atoms with van der Waals surface area (Å²) in [6.45, 7) is -2.46. The molecule has 0 fully saturated rings. The summed E-state index contributed by atoms with van der Waals surface area (Å²) in [5, 5.41) is 0. The fourth-order valence-corrected chi connectivity index (χ4v) is 2.27. The van der Waals surface area contributed by atoms with Crippen molar-refractivity contribution >= 4 is 17.7 Å². The number of ether oxygens (including phenoxy) is 1. The van der Waals surface area contributed by atoms with Crippen LogP contribution < -0.4 is 10.5 Å². The number of alkyl halides is 2. The number of carbonyl (C=O) groups excluding carboxylic acids is 1. The van der Waals surface area contributed by atoms with Crippen molar-refractivity contribution < 1.29 is 18.3 Å². The molecular formula is C14H20F2N2O2S. The van der Waals surface area contributed by atoms with E-state index in [2.05, 4.69) is 4.74 Å². The Kier molecular flexibility index (Phi) is 7.45. The molecule has 0 aromatic heterocycles. The third kappa shape index (κ3) is 6.31. The van der Waals surface area contributed by atoms with E-state index in [-0.39, 0.29) is 11.7 Å². The number of rotatable bonds is 8. The normalized spacial score (nSPS) is 12.3. The van der Waals surface area contributed by atoms with E-state index < -0.39 is 12.7 Å². The molecule has 118 valence electrons. The van der Waals surface area contributed by atoms with E-state index in [0.29, 0.717) is 13.0 Å². The van der Waals surface area contributed by atoms with Gasteiger partial charge in [0.2, 0.25) is 5.91 Å². The van der Waals surface area contributed by atoms with Crippen LogP contribution in [0.3, 0.4) is 0 Å². The Morgan fingerprint density at radius 1 is 1.38 bits per heavy atom. The Labute approximate surface area is 127 Å². The molecule has 0 aliphatic heterocycles. The summed E-state index contributed by atoms with van der Waals surface area (Å²) in [5.41, 5.74) is 6.65. The maximum atomic E-state index is 12.0. The topological polar surface area (TPSA) is 55.6 Å². The Balaban J connectivity index is 2.53. The maximum absolute atomic E-state index is 12.0. The van der Waals surface area contributed by atoms with Crippen molar-refractivity contribution in [2.45, 2.75) is 25.6 Å². The lowest BCUT2D eigenvalue weighted by Gasteiger charge is -2.21. The Hall–Kier alpha value is -1.34. The van der Waals surface area contributed by atoms with Crippen LogP contribution in [-0.4, -0.2) is 42.5 Å². The molecular weight excluding hydrogens is 298 g/mol. The van der Waals surface area contributed by atoms with Gasteiger partial charge in [-0.25, -0.2) is 0 Å². The van der Waals surface area contributed by atoms with Gasteiger partial charge in [0, 0.05) is 13.6 Å². The summed E-state index contributed by atoms with van der Waals surface area (Å²) in [6.07, 6.45) is 2.59. The molecule has 0 aliphatic rings. The van der Waals surface area contributed by atoms with Gasteiger partial charge < -0.3 is 15.4 Å². The van der Waals surface area contributed by atoms with Gasteiger partial charge in [-0.3, -0.25) is 4.79 Å². The lowest BCUT2D eigenvalue weighted by atomic mass is 10.1. The van der Waals surface area contributed by atoms with Crippen LogP contribution in [0.25, 0.3) is 0 Å². The number of thioether (sulfide) groups is 1. The third-order valence-electron chi connectivity index (χ3n) is 2.89. The monoisotopic (exact) mass is 318 g/mol. The zero-order valence-electron chi connectivity index (χ0n) is 12.1. The van der Waals surface area contributed by atoms with Crippen LogP contribution in [0.4, 0.5) is 8.78 Å². The molecule has 0 heterocycles. The van der Waals surface area contributed by atoms with Crippen molar-refractivity contribution in [1.29, 1.82) is 0 Å². The molecule has 1 rings (SSSR count). The molecule has 0 spiro atoms. The van der Waals surface area contributed by atoms with Gasteiger partial charge in [-0.15, -0.1) is 0 Å². The Morgan fingerprint density at radius 3 is 2.52 bits per heavy atom. The average Bonchev–Trinajstić information content (AvgIpc) is 2.45. The van der Waals surface area contributed by atoms with Crippen molar-refractivity contribution in [3.63, 3.8) is 0 Å². The van der Waals surface area contributed by atoms with E-state index in [1.165, 1.54) is 17.0 Å². The molecule has 1 aromatic carbocycles. The number of carbonyl (C=O) groups is 1. The van der Waals surface area contributed by atoms with Crippen molar-refractivity contribution in [2.24, 2.45) is 5.73 Å². The van der Waals surface area contributed by atoms with Crippen LogP contribution in [0.5, 0.6) is 5.75 Å². The first-order valence-electron chi connectivity index (χ1n) is 6.47. The number of halogens is 2. The SMILES string of the molecule is CSCC[C@@H](N)C(=O)N(C)Cc1ccc(OC(F)F)cc1. The highest BCUT2D eigenvalue weighted by Gasteiger charge is 2.17. The molecule has 1 aromatic rings. The van der Waals surface area contributed by atoms with Gasteiger partial charge in [-0.1, -0.05) is 12.1 Å². The highest BCUT2D eigenvalue weighted by molar-refractivity contribution is 7.98. The zero-order valence-corrected chi connectivity index (χ0v) is 12.9. The summed E-state index contributed by atoms with van der Waals surface area (Å²) in [6, 6.07) is 5.69. The molecule has 2 N–H and O–H groups in total. The minimum absolute atomic E-state index is 0.0967. The number of likely N-dealkylation sites (N-methyl/N-ethyl adjacent to an activating group) is 1. The first-order chi connectivity index (χ1) is 9.93. The second-order valence-corrected chi connectivity index (χ2v) is 5.59. The molecule has 0 saturated carbocycles. The molecule has 0 saturated heterocycles. The zero-order chi connectivity index (χ0) is 15.8. The molecule has 0 bridgehead atoms. The largest absolute Gasteiger partial charge is 0.435 e. The van der Waals surface area contributed by atoms with Crippen LogP contribution >= 0.6 is 11.8 Å². The summed E-state index contributed by atoms with van der Waals surface area (Å²) >= 11 is 1.64. The first kappa shape index (κ1) is 17.7. The summed E-state index contributed by atoms with van der Waals surface area (Å²) in [5.74, 6) is 0.803. The molecule has 0 aliphatic carbocycles. The standard InChI is InChI=1S/C14H20F2N2O2S/c1-18(13(19)12(17)7-8-21-2)9-10-3-5-11(6-4-10)20-14(15)16/h3-6,12,14H,7-9,17H2,1-2H3/t12-/m1/s1. The minimum Gasteiger partial charge on any atom is -0.435 e. The Morgan fingerprint density at radius 2 is 2.00 bits per heavy atom. The molecule has 21 heavy (non-hydrogen) atoms. The van der Waals surface area contributed by atoms with E-state index in [0.717, 1.165) is 11.3 Å². The van der Waals surface area contributed by atoms with E-state index in [9.17, 15) is 13.6 Å². The van der Waals surface area contributed by atoms with Crippen molar-refractivity contribution in [1.82, 2.24) is 4.90 Å². The van der Waals surface area contributed by atoms with Crippen LogP contribution in [-0.2, 0) is 11.3 Å². The fourth-order valence-electron chi connectivity index (χ4n) is 1.78. The second kappa shape index (κ2) is 8.84. The predicted molar refractivity (Wildman–Crippen MR) is 80.5 cm³/mol. The van der Waals surface area contributed by atoms with E-state index in [1.807, 2.05) is 6.26 Å². The first-order valence-corrected chi connectivity index (χ1v) is 7.86. The minimum atomic E-state index is -2.84. The number of nitrogens with zero attached hydrogens (tertiary/aromatic N) is 1. The molecule has 1 atom stereocenters. The molecule has 0 unspecified atom stereocenters. The highest BCUT2D eigenvalue weighted by atomic mass is 32.2. The van der Waals surface area contributed by atoms with E-state index in [4.69, 9.17) is 5.73 Å². The third-order valence-corrected chi connectivity index (χ3v) is 3.54. The van der Waals surface area contributed by atoms with Crippen molar-refractivity contribution in [3.05, 3.63) is 29.8 Å². The van der Waals surface area contributed by atoms with Crippen LogP contribution in [0.2, 0.25) is 0 Å². The number of benzene rings is 1. The quantitative estimate of drug-likeness (QED) is 0.799. The number of hydrogen-bond donors (Lipinski definition) is 1. The Bertz CT molecular complexity index is 443. The maximum Gasteiger partial charge on any atom is 0.387 e. The van der Waals surface area contributed by atoms with Gasteiger partial charge in [-0.2, -0.15) is 20.5 Å². The molecule has 7 heteroatoms. The highest BCUT2D eigenvalue weighted by Crippen LogP contribution is 2.16. The van der Waals surface area contributed by atoms with Gasteiger partial charge >= 0.3 is 6.61 Å². The van der Waals surface area contributed by atoms with Crippen molar-refractivity contribution in [3.8, 4) is 5.75 Å². The number of amides is 1. The lowest BCUT2D eigenvalue weighted by molar-refractivity contribution is -0.131. The van der Waals surface area contributed by atoms with Gasteiger partial charge in [0.15, 0.2) is 0 Å². The van der Waals surface area contributed by atoms with Gasteiger partial charge in [0.1, 0.15) is 5.75 Å². The van der Waals surface area contributed by atoms with Crippen molar-refractivity contribution in [2.75, 3.05) is 19.1 Å². The second-order valence-electron chi connectivity index (χ2n) is 4.60. The fraction of sp³-hybridized carbons (Fsp3) is 0.500. The summed E-state index contributed by atoms with van der Waals surface area (Å²) in [7, 11) is 1.67. The van der Waals surface area contributed by atoms with Gasteiger partial charge in [-0.05, 0) is 36.1 Å². The molecule has 0 radical (unpaired) electrons. The molecule has 1 amide bonds. The van der Waals surface area contributed by atoms with Gasteiger partial charge in [0.25, 0.3) is 0 Å². The number of hydrogen-bond acceptors (Lipinski definition) is 4. The lowest BCUT2D eigenvalue weighted by Crippen LogP contribution is -2.41. The van der Waals surface area contributed by atoms with Crippen LogP contribution in [0.1, 0.15) is 12.0 Å². The van der Waals surface area contributed by atoms with E-state index >= 15 is 0 Å². The molecule has 4 nitrogen and oxygen atoms in total.